The molecule has 0 aliphatic heterocycles. The number of anilines is 1. The van der Waals surface area contributed by atoms with Gasteiger partial charge in [-0.25, -0.2) is 8.42 Å². The van der Waals surface area contributed by atoms with Crippen LogP contribution < -0.4 is 11.2 Å². The summed E-state index contributed by atoms with van der Waals surface area (Å²) in [7, 11) is -5.13. The zero-order valence-corrected chi connectivity index (χ0v) is 8.32. The van der Waals surface area contributed by atoms with Crippen LogP contribution in [0.1, 0.15) is 0 Å². The van der Waals surface area contributed by atoms with Crippen LogP contribution in [0, 0.1) is 0 Å². The lowest BCUT2D eigenvalue weighted by Gasteiger charge is -2.05. The second kappa shape index (κ2) is 3.60. The van der Waals surface area contributed by atoms with Gasteiger partial charge in [0.15, 0.2) is 9.84 Å². The fraction of sp³-hybridized carbons (Fsp3) is 0.143. The average molecular weight is 215 g/mol. The van der Waals surface area contributed by atoms with Crippen molar-refractivity contribution in [2.24, 2.45) is 0 Å². The van der Waals surface area contributed by atoms with Gasteiger partial charge in [-0.15, -0.1) is 0 Å². The molecule has 0 spiro atoms. The van der Waals surface area contributed by atoms with E-state index in [9.17, 15) is 8.42 Å². The predicted molar refractivity (Wildman–Crippen MR) is 53.8 cm³/mol. The summed E-state index contributed by atoms with van der Waals surface area (Å²) in [6.07, 6.45) is 1.01. The Morgan fingerprint density at radius 2 is 1.93 bits per heavy atom. The van der Waals surface area contributed by atoms with Crippen LogP contribution in [0.4, 0.5) is 5.69 Å². The highest BCUT2D eigenvalue weighted by Gasteiger charge is 2.17. The van der Waals surface area contributed by atoms with E-state index in [1.54, 1.807) is 0 Å². The summed E-state index contributed by atoms with van der Waals surface area (Å²) < 4.78 is 22.4. The summed E-state index contributed by atoms with van der Waals surface area (Å²) in [5, 5.41) is 17.6. The number of hydrogen-bond donors (Lipinski definition) is 3. The lowest BCUT2D eigenvalue weighted by atomic mass is 9.80. The van der Waals surface area contributed by atoms with Crippen molar-refractivity contribution in [1.29, 1.82) is 0 Å². The molecule has 0 unspecified atom stereocenters. The van der Waals surface area contributed by atoms with Crippen molar-refractivity contribution < 1.29 is 18.5 Å². The largest absolute Gasteiger partial charge is 0.488 e. The van der Waals surface area contributed by atoms with Crippen LogP contribution in [0.2, 0.25) is 0 Å². The lowest BCUT2D eigenvalue weighted by Crippen LogP contribution is -2.30. The summed E-state index contributed by atoms with van der Waals surface area (Å²) in [5.41, 5.74) is 5.62. The van der Waals surface area contributed by atoms with Crippen LogP contribution in [0.15, 0.2) is 23.1 Å². The number of hydrogen-bond acceptors (Lipinski definition) is 5. The zero-order chi connectivity index (χ0) is 10.9. The molecule has 4 N–H and O–H groups in total. The van der Waals surface area contributed by atoms with Gasteiger partial charge in [-0.05, 0) is 17.6 Å². The third kappa shape index (κ3) is 2.25. The Morgan fingerprint density at radius 3 is 2.36 bits per heavy atom. The van der Waals surface area contributed by atoms with Crippen molar-refractivity contribution in [1.82, 2.24) is 0 Å². The molecule has 76 valence electrons. The number of sulfone groups is 1. The Bertz CT molecular complexity index is 443. The Balaban J connectivity index is 3.37. The highest BCUT2D eigenvalue weighted by atomic mass is 32.2. The van der Waals surface area contributed by atoms with Gasteiger partial charge in [0.2, 0.25) is 0 Å². The standard InChI is InChI=1S/C7H10BNO4S/c1-14(12,13)7-4-5(8(10)11)2-3-6(7)9/h2-4,10-11H,9H2,1H3. The Hall–Kier alpha value is -1.05. The van der Waals surface area contributed by atoms with E-state index < -0.39 is 17.0 Å². The molecule has 0 aliphatic carbocycles. The van der Waals surface area contributed by atoms with Crippen LogP contribution in [0.3, 0.4) is 0 Å². The summed E-state index contributed by atoms with van der Waals surface area (Å²) >= 11 is 0. The average Bonchev–Trinajstić information content (AvgIpc) is 2.02. The molecule has 0 heterocycles. The smallest absolute Gasteiger partial charge is 0.423 e. The van der Waals surface area contributed by atoms with Crippen LogP contribution in [-0.4, -0.2) is 31.8 Å². The highest BCUT2D eigenvalue weighted by molar-refractivity contribution is 7.90. The van der Waals surface area contributed by atoms with Gasteiger partial charge in [-0.2, -0.15) is 0 Å². The molecule has 5 nitrogen and oxygen atoms in total. The van der Waals surface area contributed by atoms with Crippen molar-refractivity contribution >= 4 is 28.1 Å². The first kappa shape index (κ1) is 11.0. The van der Waals surface area contributed by atoms with E-state index in [0.717, 1.165) is 12.3 Å². The second-order valence-corrected chi connectivity index (χ2v) is 4.93. The maximum absolute atomic E-state index is 11.2. The molecule has 0 fully saturated rings. The maximum Gasteiger partial charge on any atom is 0.488 e. The molecule has 0 amide bonds. The van der Waals surface area contributed by atoms with Gasteiger partial charge in [-0.1, -0.05) is 6.07 Å². The topological polar surface area (TPSA) is 101 Å². The zero-order valence-electron chi connectivity index (χ0n) is 7.51. The normalized spacial score (nSPS) is 11.4. The fourth-order valence-corrected chi connectivity index (χ4v) is 1.88. The molecule has 0 saturated carbocycles. The highest BCUT2D eigenvalue weighted by Crippen LogP contribution is 2.15. The first-order chi connectivity index (χ1) is 6.32. The van der Waals surface area contributed by atoms with Crippen molar-refractivity contribution in [3.63, 3.8) is 0 Å². The van der Waals surface area contributed by atoms with E-state index in [1.807, 2.05) is 0 Å². The summed E-state index contributed by atoms with van der Waals surface area (Å²) in [6.45, 7) is 0. The van der Waals surface area contributed by atoms with Crippen LogP contribution in [0.25, 0.3) is 0 Å². The number of rotatable bonds is 2. The Kier molecular flexibility index (Phi) is 2.84. The minimum absolute atomic E-state index is 0.0944. The third-order valence-corrected chi connectivity index (χ3v) is 2.89. The molecule has 1 aromatic rings. The van der Waals surface area contributed by atoms with Crippen molar-refractivity contribution in [3.8, 4) is 0 Å². The van der Waals surface area contributed by atoms with Gasteiger partial charge in [0.25, 0.3) is 0 Å². The third-order valence-electron chi connectivity index (χ3n) is 1.74. The fourth-order valence-electron chi connectivity index (χ4n) is 1.03. The van der Waals surface area contributed by atoms with Crippen LogP contribution in [-0.2, 0) is 9.84 Å². The molecule has 0 aliphatic rings. The van der Waals surface area contributed by atoms with Gasteiger partial charge in [0.1, 0.15) is 0 Å². The molecule has 14 heavy (non-hydrogen) atoms. The second-order valence-electron chi connectivity index (χ2n) is 2.94. The first-order valence-corrected chi connectivity index (χ1v) is 5.67. The van der Waals surface area contributed by atoms with Gasteiger partial charge >= 0.3 is 7.12 Å². The van der Waals surface area contributed by atoms with E-state index in [-0.39, 0.29) is 16.0 Å². The van der Waals surface area contributed by atoms with Crippen molar-refractivity contribution in [3.05, 3.63) is 18.2 Å². The monoisotopic (exact) mass is 215 g/mol. The van der Waals surface area contributed by atoms with E-state index in [4.69, 9.17) is 15.8 Å². The molecule has 0 aromatic heterocycles. The number of benzene rings is 1. The molecule has 1 rings (SSSR count). The van der Waals surface area contributed by atoms with E-state index in [1.165, 1.54) is 12.1 Å². The molecular formula is C7H10BNO4S. The Labute approximate surface area is 82.2 Å². The minimum Gasteiger partial charge on any atom is -0.423 e. The van der Waals surface area contributed by atoms with Gasteiger partial charge < -0.3 is 15.8 Å². The van der Waals surface area contributed by atoms with Crippen LogP contribution in [0.5, 0.6) is 0 Å². The minimum atomic E-state index is -3.44. The van der Waals surface area contributed by atoms with Crippen LogP contribution >= 0.6 is 0 Å². The van der Waals surface area contributed by atoms with E-state index >= 15 is 0 Å². The molecule has 1 aromatic carbocycles. The summed E-state index contributed by atoms with van der Waals surface area (Å²) in [5.74, 6) is 0. The molecule has 7 heteroatoms. The number of nitrogen functional groups attached to an aromatic ring is 1. The Morgan fingerprint density at radius 1 is 1.36 bits per heavy atom. The molecule has 0 saturated heterocycles. The maximum atomic E-state index is 11.2. The first-order valence-electron chi connectivity index (χ1n) is 3.78. The molecular weight excluding hydrogens is 205 g/mol. The van der Waals surface area contributed by atoms with Gasteiger partial charge in [0, 0.05) is 6.26 Å². The van der Waals surface area contributed by atoms with Gasteiger partial charge in [0.05, 0.1) is 10.6 Å². The quantitative estimate of drug-likeness (QED) is 0.405. The summed E-state index contributed by atoms with van der Waals surface area (Å²) in [6, 6.07) is 3.83. The molecule has 0 radical (unpaired) electrons. The predicted octanol–water partition coefficient (Wildman–Crippen LogP) is -1.65. The molecule has 0 bridgehead atoms. The van der Waals surface area contributed by atoms with Crippen molar-refractivity contribution in [2.75, 3.05) is 12.0 Å². The SMILES string of the molecule is CS(=O)(=O)c1cc(B(O)O)ccc1N. The van der Waals surface area contributed by atoms with E-state index in [0.29, 0.717) is 0 Å². The van der Waals surface area contributed by atoms with Crippen molar-refractivity contribution in [2.45, 2.75) is 4.90 Å². The summed E-state index contributed by atoms with van der Waals surface area (Å²) in [4.78, 5) is -0.0944. The molecule has 0 atom stereocenters. The number of nitrogens with two attached hydrogens (primary N) is 1. The lowest BCUT2D eigenvalue weighted by molar-refractivity contribution is 0.425. The van der Waals surface area contributed by atoms with Gasteiger partial charge in [-0.3, -0.25) is 0 Å². The van der Waals surface area contributed by atoms with E-state index in [2.05, 4.69) is 0 Å².